The summed E-state index contributed by atoms with van der Waals surface area (Å²) in [6.07, 6.45) is 0. The Morgan fingerprint density at radius 3 is 0.856 bits per heavy atom. The molecule has 0 saturated heterocycles. The summed E-state index contributed by atoms with van der Waals surface area (Å²) in [6.45, 7) is 0. The number of fused-ring (bicyclic) bond motifs is 6. The van der Waals surface area contributed by atoms with Gasteiger partial charge in [-0.2, -0.15) is 42.1 Å². The van der Waals surface area contributed by atoms with Crippen molar-refractivity contribution in [1.29, 1.82) is 42.1 Å². The number of nitriles is 8. The van der Waals surface area contributed by atoms with Crippen molar-refractivity contribution in [3.05, 3.63) is 281 Å². The Balaban J connectivity index is 1.09. The molecule has 0 spiro atoms. The lowest BCUT2D eigenvalue weighted by atomic mass is 9.95. The zero-order valence-corrected chi connectivity index (χ0v) is 47.4. The van der Waals surface area contributed by atoms with E-state index in [4.69, 9.17) is 4.98 Å². The molecule has 0 N–H and O–H groups in total. The summed E-state index contributed by atoms with van der Waals surface area (Å²) >= 11 is 0. The van der Waals surface area contributed by atoms with Crippen molar-refractivity contribution in [3.63, 3.8) is 0 Å². The highest BCUT2D eigenvalue weighted by Gasteiger charge is 2.23. The van der Waals surface area contributed by atoms with Gasteiger partial charge in [-0.15, -0.1) is 0 Å². The molecule has 11 nitrogen and oxygen atoms in total. The average Bonchev–Trinajstić information content (AvgIpc) is 1.59. The van der Waals surface area contributed by atoms with Crippen LogP contribution in [0.2, 0.25) is 0 Å². The zero-order valence-electron chi connectivity index (χ0n) is 47.4. The fourth-order valence-corrected chi connectivity index (χ4v) is 12.3. The zero-order chi connectivity index (χ0) is 61.6. The van der Waals surface area contributed by atoms with Crippen molar-refractivity contribution >= 4 is 43.6 Å². The second kappa shape index (κ2) is 22.3. The Kier molecular flexibility index (Phi) is 13.4. The van der Waals surface area contributed by atoms with Gasteiger partial charge in [-0.25, -0.2) is 4.98 Å². The molecule has 90 heavy (non-hydrogen) atoms. The summed E-state index contributed by atoms with van der Waals surface area (Å²) in [4.78, 5) is 5.48. The van der Waals surface area contributed by atoms with Gasteiger partial charge in [-0.3, -0.25) is 0 Å². The molecule has 410 valence electrons. The third kappa shape index (κ3) is 9.32. The largest absolute Gasteiger partial charge is 0.309 e. The summed E-state index contributed by atoms with van der Waals surface area (Å²) in [6, 6.07) is 93.5. The van der Waals surface area contributed by atoms with E-state index in [0.717, 1.165) is 105 Å². The van der Waals surface area contributed by atoms with Crippen LogP contribution in [0.3, 0.4) is 0 Å². The predicted molar refractivity (Wildman–Crippen MR) is 349 cm³/mol. The van der Waals surface area contributed by atoms with Crippen LogP contribution in [0.25, 0.3) is 133 Å². The van der Waals surface area contributed by atoms with E-state index in [1.807, 2.05) is 97.1 Å². The minimum Gasteiger partial charge on any atom is -0.309 e. The molecule has 14 aromatic rings. The summed E-state index contributed by atoms with van der Waals surface area (Å²) in [7, 11) is 0. The van der Waals surface area contributed by atoms with Gasteiger partial charge in [-0.1, -0.05) is 109 Å². The van der Waals surface area contributed by atoms with Gasteiger partial charge >= 0.3 is 0 Å². The molecule has 11 heteroatoms. The second-order valence-corrected chi connectivity index (χ2v) is 21.6. The average molecular weight is 1140 g/mol. The van der Waals surface area contributed by atoms with Gasteiger partial charge in [0.05, 0.1) is 127 Å². The van der Waals surface area contributed by atoms with E-state index in [2.05, 4.69) is 124 Å². The molecule has 0 saturated carbocycles. The standard InChI is InChI=1S/C79H39N11/c80-40-48-11-19-66(60(27-48)44-84)54-15-23-76-70(33-54)71-34-55(67-20-12-49(41-81)28-61(67)45-85)16-24-77(71)89(76)64-31-59(75-38-58(52-7-3-1-4-8-52)37-74(88-75)53-9-5-2-6-10-53)32-65(39-64)90-78-25-17-56(68-21-13-50(42-82)29-62(68)46-86)35-72(78)73-36-57(18-26-79(73)90)69-22-14-51(43-83)30-63(69)47-87/h1-39H. The monoisotopic (exact) mass is 1140 g/mol. The quantitative estimate of drug-likeness (QED) is 0.134. The van der Waals surface area contributed by atoms with Crippen molar-refractivity contribution in [2.24, 2.45) is 0 Å². The van der Waals surface area contributed by atoms with Gasteiger partial charge in [0.1, 0.15) is 0 Å². The van der Waals surface area contributed by atoms with E-state index in [9.17, 15) is 42.1 Å². The molecule has 0 radical (unpaired) electrons. The molecule has 0 aliphatic heterocycles. The molecule has 0 unspecified atom stereocenters. The topological polar surface area (TPSA) is 213 Å². The first kappa shape index (κ1) is 54.1. The second-order valence-electron chi connectivity index (χ2n) is 21.6. The van der Waals surface area contributed by atoms with Crippen LogP contribution in [0.1, 0.15) is 44.5 Å². The van der Waals surface area contributed by atoms with Gasteiger partial charge in [0.2, 0.25) is 0 Å². The molecule has 3 heterocycles. The molecule has 14 rings (SSSR count). The van der Waals surface area contributed by atoms with Crippen molar-refractivity contribution < 1.29 is 0 Å². The Labute approximate surface area is 516 Å². The van der Waals surface area contributed by atoms with Crippen LogP contribution in [-0.2, 0) is 0 Å². The Morgan fingerprint density at radius 1 is 0.233 bits per heavy atom. The van der Waals surface area contributed by atoms with E-state index in [0.29, 0.717) is 72.5 Å². The number of rotatable bonds is 9. The normalized spacial score (nSPS) is 10.8. The summed E-state index contributed by atoms with van der Waals surface area (Å²) in [5.41, 5.74) is 18.4. The molecule has 0 atom stereocenters. The molecule has 0 amide bonds. The summed E-state index contributed by atoms with van der Waals surface area (Å²) in [5.74, 6) is 0. The number of nitrogens with zero attached hydrogens (tertiary/aromatic N) is 11. The third-order valence-electron chi connectivity index (χ3n) is 16.6. The minimum atomic E-state index is 0.349. The van der Waals surface area contributed by atoms with E-state index < -0.39 is 0 Å². The van der Waals surface area contributed by atoms with Crippen LogP contribution in [-0.4, -0.2) is 14.1 Å². The molecule has 11 aromatic carbocycles. The lowest BCUT2D eigenvalue weighted by Gasteiger charge is -2.17. The first-order valence-corrected chi connectivity index (χ1v) is 28.4. The minimum absolute atomic E-state index is 0.349. The fraction of sp³-hybridized carbons (Fsp3) is 0. The van der Waals surface area contributed by atoms with Crippen LogP contribution in [0.4, 0.5) is 0 Å². The first-order valence-electron chi connectivity index (χ1n) is 28.4. The number of pyridine rings is 1. The van der Waals surface area contributed by atoms with Crippen molar-refractivity contribution in [3.8, 4) is 138 Å². The molecular formula is C79H39N11. The van der Waals surface area contributed by atoms with Gasteiger partial charge in [0, 0.05) is 44.0 Å². The summed E-state index contributed by atoms with van der Waals surface area (Å²) in [5, 5.41) is 84.4. The van der Waals surface area contributed by atoms with Crippen LogP contribution in [0.5, 0.6) is 0 Å². The van der Waals surface area contributed by atoms with Gasteiger partial charge in [-0.05, 0) is 183 Å². The van der Waals surface area contributed by atoms with E-state index in [1.54, 1.807) is 72.8 Å². The Morgan fingerprint density at radius 2 is 0.544 bits per heavy atom. The molecular weight excluding hydrogens is 1100 g/mol. The molecule has 0 bridgehead atoms. The highest BCUT2D eigenvalue weighted by atomic mass is 15.0. The smallest absolute Gasteiger partial charge is 0.0998 e. The maximum absolute atomic E-state index is 10.5. The molecule has 0 aliphatic carbocycles. The van der Waals surface area contributed by atoms with Crippen molar-refractivity contribution in [2.75, 3.05) is 0 Å². The lowest BCUT2D eigenvalue weighted by Crippen LogP contribution is -2.01. The molecule has 3 aromatic heterocycles. The van der Waals surface area contributed by atoms with Gasteiger partial charge in [0.25, 0.3) is 0 Å². The number of aromatic nitrogens is 3. The van der Waals surface area contributed by atoms with E-state index in [1.165, 1.54) is 0 Å². The van der Waals surface area contributed by atoms with Gasteiger partial charge < -0.3 is 9.13 Å². The van der Waals surface area contributed by atoms with Crippen LogP contribution in [0, 0.1) is 90.6 Å². The third-order valence-corrected chi connectivity index (χ3v) is 16.6. The summed E-state index contributed by atoms with van der Waals surface area (Å²) < 4.78 is 4.43. The molecule has 0 fully saturated rings. The van der Waals surface area contributed by atoms with Crippen LogP contribution < -0.4 is 0 Å². The number of hydrogen-bond donors (Lipinski definition) is 0. The Bertz CT molecular complexity index is 5160. The van der Waals surface area contributed by atoms with Crippen LogP contribution >= 0.6 is 0 Å². The number of hydrogen-bond acceptors (Lipinski definition) is 9. The predicted octanol–water partition coefficient (Wildman–Crippen LogP) is 17.9. The first-order chi connectivity index (χ1) is 44.2. The maximum atomic E-state index is 10.5. The van der Waals surface area contributed by atoms with Crippen molar-refractivity contribution in [2.45, 2.75) is 0 Å². The lowest BCUT2D eigenvalue weighted by molar-refractivity contribution is 1.13. The molecule has 0 aliphatic rings. The van der Waals surface area contributed by atoms with E-state index in [-0.39, 0.29) is 0 Å². The maximum Gasteiger partial charge on any atom is 0.0998 e. The Hall–Kier alpha value is -13.9. The highest BCUT2D eigenvalue weighted by molar-refractivity contribution is 6.14. The fourth-order valence-electron chi connectivity index (χ4n) is 12.3. The number of benzene rings is 11. The highest BCUT2D eigenvalue weighted by Crippen LogP contribution is 2.44. The van der Waals surface area contributed by atoms with Crippen LogP contribution in [0.15, 0.2) is 237 Å². The van der Waals surface area contributed by atoms with E-state index >= 15 is 0 Å². The van der Waals surface area contributed by atoms with Gasteiger partial charge in [0.15, 0.2) is 0 Å². The van der Waals surface area contributed by atoms with Crippen molar-refractivity contribution in [1.82, 2.24) is 14.1 Å². The SMILES string of the molecule is N#Cc1ccc(-c2ccc3c(c2)c2cc(-c4ccc(C#N)cc4C#N)ccc2n3-c2cc(-c3cc(-c4ccccc4)cc(-c4ccccc4)n3)cc(-n3c4ccc(-c5ccc(C#N)cc5C#N)cc4c4cc(-c5ccc(C#N)cc5C#N)ccc43)c2)c(C#N)c1.